The highest BCUT2D eigenvalue weighted by Gasteiger charge is 2.22. The van der Waals surface area contributed by atoms with Gasteiger partial charge >= 0.3 is 0 Å². The maximum absolute atomic E-state index is 2.35. The second kappa shape index (κ2) is 6.92. The first kappa shape index (κ1) is 14.5. The lowest BCUT2D eigenvalue weighted by Gasteiger charge is -2.29. The molecule has 0 saturated heterocycles. The van der Waals surface area contributed by atoms with Gasteiger partial charge in [0.2, 0.25) is 0 Å². The average Bonchev–Trinajstić information content (AvgIpc) is 2.14. The molecule has 0 heterocycles. The van der Waals surface area contributed by atoms with Crippen molar-refractivity contribution in [3.05, 3.63) is 23.7 Å². The van der Waals surface area contributed by atoms with Crippen molar-refractivity contribution in [1.82, 2.24) is 0 Å². The van der Waals surface area contributed by atoms with E-state index in [-0.39, 0.29) is 0 Å². The third kappa shape index (κ3) is 5.86. The quantitative estimate of drug-likeness (QED) is 0.431. The molecular formula is C14H26B. The smallest absolute Gasteiger partial charge is 0.127 e. The lowest BCUT2D eigenvalue weighted by molar-refractivity contribution is 0.401. The highest BCUT2D eigenvalue weighted by Crippen LogP contribution is 2.35. The van der Waals surface area contributed by atoms with Crippen LogP contribution < -0.4 is 0 Å². The molecule has 0 spiro atoms. The zero-order valence-electron chi connectivity index (χ0n) is 11.3. The molecule has 0 fully saturated rings. The van der Waals surface area contributed by atoms with Gasteiger partial charge in [0.1, 0.15) is 7.28 Å². The van der Waals surface area contributed by atoms with Crippen molar-refractivity contribution in [3.8, 4) is 0 Å². The van der Waals surface area contributed by atoms with E-state index in [0.717, 1.165) is 6.42 Å². The van der Waals surface area contributed by atoms with E-state index < -0.39 is 0 Å². The van der Waals surface area contributed by atoms with Crippen LogP contribution in [0.1, 0.15) is 54.4 Å². The molecule has 0 aromatic rings. The van der Waals surface area contributed by atoms with Gasteiger partial charge in [-0.25, -0.2) is 0 Å². The van der Waals surface area contributed by atoms with Crippen LogP contribution in [0.4, 0.5) is 0 Å². The van der Waals surface area contributed by atoms with E-state index in [1.54, 1.807) is 0 Å². The first-order valence-electron chi connectivity index (χ1n) is 6.07. The number of hydrogen-bond donors (Lipinski definition) is 0. The van der Waals surface area contributed by atoms with E-state index in [2.05, 4.69) is 66.9 Å². The Morgan fingerprint density at radius 3 is 2.47 bits per heavy atom. The molecule has 0 aliphatic rings. The minimum absolute atomic E-state index is 0.327. The second-order valence-electron chi connectivity index (χ2n) is 5.08. The predicted molar refractivity (Wildman–Crippen MR) is 72.4 cm³/mol. The summed E-state index contributed by atoms with van der Waals surface area (Å²) in [6, 6.07) is 0. The topological polar surface area (TPSA) is 0 Å². The van der Waals surface area contributed by atoms with Crippen molar-refractivity contribution in [2.45, 2.75) is 60.2 Å². The van der Waals surface area contributed by atoms with E-state index >= 15 is 0 Å². The van der Waals surface area contributed by atoms with E-state index in [0.29, 0.717) is 11.2 Å². The molecule has 1 unspecified atom stereocenters. The third-order valence-corrected chi connectivity index (χ3v) is 3.04. The van der Waals surface area contributed by atoms with Gasteiger partial charge in [0.15, 0.2) is 0 Å². The summed E-state index contributed by atoms with van der Waals surface area (Å²) in [5.74, 6) is 2.80. The zero-order chi connectivity index (χ0) is 11.9. The molecule has 0 aromatic carbocycles. The van der Waals surface area contributed by atoms with Gasteiger partial charge in [-0.3, -0.25) is 0 Å². The largest absolute Gasteiger partial charge is 0.144 e. The summed E-state index contributed by atoms with van der Waals surface area (Å²) < 4.78 is 0. The van der Waals surface area contributed by atoms with E-state index in [9.17, 15) is 0 Å². The van der Waals surface area contributed by atoms with E-state index in [1.807, 2.05) is 0 Å². The van der Waals surface area contributed by atoms with E-state index in [4.69, 9.17) is 0 Å². The summed E-state index contributed by atoms with van der Waals surface area (Å²) in [5, 5.41) is 0. The minimum Gasteiger partial charge on any atom is -0.127 e. The minimum atomic E-state index is 0.327. The standard InChI is InChI=1S/C14H26B/c1-7-9-12(3)14(5,6)11-13(4)15-10-8-2/h8-10,13H,7,11H2,1-6H3/b10-8-,12-9+. The van der Waals surface area contributed by atoms with Gasteiger partial charge in [0.05, 0.1) is 0 Å². The molecule has 0 aliphatic heterocycles. The highest BCUT2D eigenvalue weighted by atomic mass is 14.2. The first-order valence-corrected chi connectivity index (χ1v) is 6.07. The normalized spacial score (nSPS) is 15.7. The number of hydrogen-bond acceptors (Lipinski definition) is 0. The van der Waals surface area contributed by atoms with Crippen molar-refractivity contribution in [3.63, 3.8) is 0 Å². The van der Waals surface area contributed by atoms with Crippen molar-refractivity contribution in [1.29, 1.82) is 0 Å². The average molecular weight is 205 g/mol. The van der Waals surface area contributed by atoms with Gasteiger partial charge in [0, 0.05) is 0 Å². The Morgan fingerprint density at radius 2 is 2.00 bits per heavy atom. The summed E-state index contributed by atoms with van der Waals surface area (Å²) in [6.45, 7) is 13.5. The summed E-state index contributed by atoms with van der Waals surface area (Å²) in [4.78, 5) is 0. The van der Waals surface area contributed by atoms with Crippen LogP contribution in [0.2, 0.25) is 5.82 Å². The summed E-state index contributed by atoms with van der Waals surface area (Å²) in [7, 11) is 2.29. The van der Waals surface area contributed by atoms with Crippen LogP contribution in [-0.2, 0) is 0 Å². The summed E-state index contributed by atoms with van der Waals surface area (Å²) >= 11 is 0. The molecule has 0 aromatic heterocycles. The monoisotopic (exact) mass is 205 g/mol. The van der Waals surface area contributed by atoms with Crippen LogP contribution >= 0.6 is 0 Å². The van der Waals surface area contributed by atoms with Crippen LogP contribution in [-0.4, -0.2) is 7.28 Å². The van der Waals surface area contributed by atoms with Crippen molar-refractivity contribution in [2.75, 3.05) is 0 Å². The summed E-state index contributed by atoms with van der Waals surface area (Å²) in [5.41, 5.74) is 1.85. The molecule has 15 heavy (non-hydrogen) atoms. The number of allylic oxidation sites excluding steroid dienone is 3. The van der Waals surface area contributed by atoms with Gasteiger partial charge in [-0.1, -0.05) is 45.2 Å². The fourth-order valence-corrected chi connectivity index (χ4v) is 1.92. The number of rotatable bonds is 6. The Kier molecular flexibility index (Phi) is 6.71. The van der Waals surface area contributed by atoms with E-state index in [1.165, 1.54) is 12.0 Å². The fraction of sp³-hybridized carbons (Fsp3) is 0.714. The van der Waals surface area contributed by atoms with Crippen molar-refractivity contribution < 1.29 is 0 Å². The fourth-order valence-electron chi connectivity index (χ4n) is 1.92. The predicted octanol–water partition coefficient (Wildman–Crippen LogP) is 4.81. The molecule has 85 valence electrons. The van der Waals surface area contributed by atoms with Crippen LogP contribution in [0, 0.1) is 5.41 Å². The van der Waals surface area contributed by atoms with Gasteiger partial charge in [-0.05, 0) is 32.1 Å². The summed E-state index contributed by atoms with van der Waals surface area (Å²) in [6.07, 6.45) is 6.81. The molecule has 0 saturated carbocycles. The zero-order valence-corrected chi connectivity index (χ0v) is 11.3. The molecule has 1 heteroatoms. The Bertz CT molecular complexity index is 223. The molecular weight excluding hydrogens is 179 g/mol. The van der Waals surface area contributed by atoms with Crippen LogP contribution in [0.3, 0.4) is 0 Å². The Hall–Kier alpha value is -0.455. The molecule has 0 N–H and O–H groups in total. The maximum atomic E-state index is 2.35. The Balaban J connectivity index is 4.29. The molecule has 0 amide bonds. The van der Waals surface area contributed by atoms with Crippen LogP contribution in [0.5, 0.6) is 0 Å². The molecule has 1 atom stereocenters. The van der Waals surface area contributed by atoms with Crippen molar-refractivity contribution >= 4 is 7.28 Å². The lowest BCUT2D eigenvalue weighted by Crippen LogP contribution is -2.17. The highest BCUT2D eigenvalue weighted by molar-refractivity contribution is 6.43. The second-order valence-corrected chi connectivity index (χ2v) is 5.08. The van der Waals surface area contributed by atoms with Crippen molar-refractivity contribution in [2.24, 2.45) is 5.41 Å². The van der Waals surface area contributed by atoms with Gasteiger partial charge < -0.3 is 0 Å². The van der Waals surface area contributed by atoms with Gasteiger partial charge in [-0.15, -0.1) is 12.1 Å². The Labute approximate surface area is 97.1 Å². The molecule has 0 aliphatic carbocycles. The van der Waals surface area contributed by atoms with Gasteiger partial charge in [0.25, 0.3) is 0 Å². The first-order chi connectivity index (χ1) is 6.94. The molecule has 0 rings (SSSR count). The maximum Gasteiger partial charge on any atom is 0.144 e. The van der Waals surface area contributed by atoms with Gasteiger partial charge in [-0.2, -0.15) is 0 Å². The van der Waals surface area contributed by atoms with Crippen LogP contribution in [0.15, 0.2) is 23.7 Å². The third-order valence-electron chi connectivity index (χ3n) is 3.04. The molecule has 0 nitrogen and oxygen atoms in total. The molecule has 1 radical (unpaired) electrons. The molecule has 0 bridgehead atoms. The SMILES string of the molecule is C/C=C\[B]C(C)CC(C)(C)/C(C)=C/CC. The van der Waals surface area contributed by atoms with Crippen LogP contribution in [0.25, 0.3) is 0 Å². The lowest BCUT2D eigenvalue weighted by atomic mass is 9.59. The Morgan fingerprint density at radius 1 is 1.40 bits per heavy atom.